The number of anilines is 1. The summed E-state index contributed by atoms with van der Waals surface area (Å²) in [6.45, 7) is 2.03. The zero-order valence-electron chi connectivity index (χ0n) is 10.1. The predicted molar refractivity (Wildman–Crippen MR) is 71.9 cm³/mol. The van der Waals surface area contributed by atoms with Crippen LogP contribution in [0.25, 0.3) is 0 Å². The fourth-order valence-electron chi connectivity index (χ4n) is 1.57. The van der Waals surface area contributed by atoms with Crippen molar-refractivity contribution < 1.29 is 8.42 Å². The van der Waals surface area contributed by atoms with Crippen molar-refractivity contribution in [3.05, 3.63) is 60.2 Å². The molecule has 2 rings (SSSR count). The van der Waals surface area contributed by atoms with E-state index >= 15 is 0 Å². The van der Waals surface area contributed by atoms with Crippen molar-refractivity contribution in [3.8, 4) is 0 Å². The third-order valence-electron chi connectivity index (χ3n) is 2.61. The Kier molecular flexibility index (Phi) is 3.67. The Morgan fingerprint density at radius 1 is 1.06 bits per heavy atom. The topological polar surface area (TPSA) is 46.2 Å². The number of sulfonamides is 1. The van der Waals surface area contributed by atoms with E-state index in [1.54, 1.807) is 36.4 Å². The van der Waals surface area contributed by atoms with Gasteiger partial charge in [-0.05, 0) is 42.3 Å². The third kappa shape index (κ3) is 2.90. The smallest absolute Gasteiger partial charge is 0.261 e. The number of aryl methyl sites for hydroxylation is 1. The monoisotopic (exact) mass is 260 g/mol. The lowest BCUT2D eigenvalue weighted by Gasteiger charge is -2.08. The second kappa shape index (κ2) is 5.23. The minimum absolute atomic E-state index is 0.271. The van der Waals surface area contributed by atoms with Crippen LogP contribution in [-0.4, -0.2) is 8.42 Å². The molecule has 0 heterocycles. The summed E-state index contributed by atoms with van der Waals surface area (Å²) in [5, 5.41) is 0. The van der Waals surface area contributed by atoms with Crippen LogP contribution in [0.3, 0.4) is 0 Å². The van der Waals surface area contributed by atoms with Gasteiger partial charge in [0.25, 0.3) is 10.0 Å². The Hall–Kier alpha value is -1.81. The van der Waals surface area contributed by atoms with E-state index in [4.69, 9.17) is 0 Å². The lowest BCUT2D eigenvalue weighted by Crippen LogP contribution is -2.12. The van der Waals surface area contributed by atoms with E-state index in [9.17, 15) is 8.42 Å². The summed E-state index contributed by atoms with van der Waals surface area (Å²) in [5.41, 5.74) is 1.65. The van der Waals surface area contributed by atoms with Gasteiger partial charge < -0.3 is 0 Å². The van der Waals surface area contributed by atoms with Crippen molar-refractivity contribution >= 4 is 15.7 Å². The van der Waals surface area contributed by atoms with Crippen LogP contribution in [0.15, 0.2) is 53.4 Å². The average Bonchev–Trinajstić information content (AvgIpc) is 2.39. The average molecular weight is 260 g/mol. The highest BCUT2D eigenvalue weighted by Crippen LogP contribution is 2.16. The predicted octanol–water partition coefficient (Wildman–Crippen LogP) is 2.85. The first-order valence-corrected chi connectivity index (χ1v) is 7.18. The highest BCUT2D eigenvalue weighted by molar-refractivity contribution is 7.92. The summed E-state index contributed by atoms with van der Waals surface area (Å²) < 4.78 is 26.7. The molecule has 1 N–H and O–H groups in total. The summed E-state index contributed by atoms with van der Waals surface area (Å²) >= 11 is 0. The first-order chi connectivity index (χ1) is 8.62. The Morgan fingerprint density at radius 3 is 2.22 bits per heavy atom. The Bertz CT molecular complexity index is 604. The zero-order chi connectivity index (χ0) is 13.0. The Labute approximate surface area is 108 Å². The molecule has 0 aliphatic carbocycles. The molecule has 0 unspecified atom stereocenters. The molecule has 0 saturated heterocycles. The molecule has 0 amide bonds. The molecular weight excluding hydrogens is 246 g/mol. The highest BCUT2D eigenvalue weighted by atomic mass is 32.2. The first kappa shape index (κ1) is 12.6. The molecule has 0 aromatic heterocycles. The number of hydrogen-bond donors (Lipinski definition) is 1. The number of rotatable bonds is 4. The van der Waals surface area contributed by atoms with Crippen molar-refractivity contribution in [1.82, 2.24) is 0 Å². The molecule has 2 aromatic rings. The fourth-order valence-corrected chi connectivity index (χ4v) is 2.63. The lowest BCUT2D eigenvalue weighted by molar-refractivity contribution is 0.601. The van der Waals surface area contributed by atoms with E-state index in [1.807, 2.05) is 19.1 Å². The van der Waals surface area contributed by atoms with Crippen LogP contribution in [0.4, 0.5) is 5.69 Å². The molecule has 3 nitrogen and oxygen atoms in total. The minimum Gasteiger partial charge on any atom is -0.280 e. The molecule has 0 aliphatic rings. The van der Waals surface area contributed by atoms with Crippen LogP contribution in [0.1, 0.15) is 12.5 Å². The van der Waals surface area contributed by atoms with Gasteiger partial charge in [-0.2, -0.15) is 0 Å². The van der Waals surface area contributed by atoms with Crippen LogP contribution in [0.5, 0.6) is 0 Å². The van der Waals surface area contributed by atoms with Gasteiger partial charge in [0.05, 0.1) is 4.90 Å². The first-order valence-electron chi connectivity index (χ1n) is 5.69. The van der Waals surface area contributed by atoms with Crippen LogP contribution in [0.2, 0.25) is 0 Å². The van der Waals surface area contributed by atoms with Gasteiger partial charge in [-0.25, -0.2) is 8.42 Å². The molecule has 0 aliphatic heterocycles. The van der Waals surface area contributed by atoms with Crippen LogP contribution in [-0.2, 0) is 16.4 Å². The Balaban J connectivity index is 2.25. The van der Waals surface area contributed by atoms with E-state index < -0.39 is 10.0 Å². The van der Waals surface area contributed by atoms with Crippen LogP contribution >= 0.6 is 0 Å². The molecule has 2 aromatic carbocycles. The minimum atomic E-state index is -3.50. The highest BCUT2D eigenvalue weighted by Gasteiger charge is 2.13. The van der Waals surface area contributed by atoms with Gasteiger partial charge in [-0.3, -0.25) is 4.72 Å². The van der Waals surface area contributed by atoms with E-state index in [-0.39, 0.29) is 4.90 Å². The molecule has 0 spiro atoms. The van der Waals surface area contributed by atoms with E-state index in [2.05, 4.69) is 10.8 Å². The van der Waals surface area contributed by atoms with Gasteiger partial charge in [-0.15, -0.1) is 0 Å². The molecule has 93 valence electrons. The number of nitrogens with one attached hydrogen (secondary N) is 1. The van der Waals surface area contributed by atoms with Gasteiger partial charge in [0, 0.05) is 5.69 Å². The van der Waals surface area contributed by atoms with Crippen molar-refractivity contribution in [2.24, 2.45) is 0 Å². The Morgan fingerprint density at radius 2 is 1.67 bits per heavy atom. The second-order valence-corrected chi connectivity index (χ2v) is 5.57. The second-order valence-electron chi connectivity index (χ2n) is 3.89. The SMILES string of the molecule is CCc1ccc(S(=O)(=O)Nc2cc[c]cc2)cc1. The van der Waals surface area contributed by atoms with Gasteiger partial charge in [-0.1, -0.05) is 31.2 Å². The van der Waals surface area contributed by atoms with Gasteiger partial charge in [0.15, 0.2) is 0 Å². The quantitative estimate of drug-likeness (QED) is 0.918. The number of benzene rings is 2. The molecule has 0 atom stereocenters. The van der Waals surface area contributed by atoms with Gasteiger partial charge in [0.1, 0.15) is 0 Å². The summed E-state index contributed by atoms with van der Waals surface area (Å²) in [7, 11) is -3.50. The molecule has 4 heteroatoms. The summed E-state index contributed by atoms with van der Waals surface area (Å²) in [5.74, 6) is 0. The molecule has 0 bridgehead atoms. The largest absolute Gasteiger partial charge is 0.280 e. The molecule has 18 heavy (non-hydrogen) atoms. The normalized spacial score (nSPS) is 11.2. The fraction of sp³-hybridized carbons (Fsp3) is 0.143. The maximum Gasteiger partial charge on any atom is 0.261 e. The van der Waals surface area contributed by atoms with E-state index in [1.165, 1.54) is 0 Å². The van der Waals surface area contributed by atoms with E-state index in [0.717, 1.165) is 12.0 Å². The molecule has 1 radical (unpaired) electrons. The van der Waals surface area contributed by atoms with E-state index in [0.29, 0.717) is 5.69 Å². The third-order valence-corrected chi connectivity index (χ3v) is 4.01. The molecular formula is C14H14NO2S. The van der Waals surface area contributed by atoms with Crippen molar-refractivity contribution in [1.29, 1.82) is 0 Å². The zero-order valence-corrected chi connectivity index (χ0v) is 10.9. The maximum absolute atomic E-state index is 12.1. The molecule has 0 fully saturated rings. The van der Waals surface area contributed by atoms with Gasteiger partial charge in [0.2, 0.25) is 0 Å². The van der Waals surface area contributed by atoms with Crippen LogP contribution < -0.4 is 4.72 Å². The van der Waals surface area contributed by atoms with Gasteiger partial charge >= 0.3 is 0 Å². The summed E-state index contributed by atoms with van der Waals surface area (Å²) in [6.07, 6.45) is 0.891. The van der Waals surface area contributed by atoms with Crippen molar-refractivity contribution in [2.45, 2.75) is 18.2 Å². The van der Waals surface area contributed by atoms with Crippen molar-refractivity contribution in [3.63, 3.8) is 0 Å². The maximum atomic E-state index is 12.1. The summed E-state index contributed by atoms with van der Waals surface area (Å²) in [4.78, 5) is 0.271. The lowest BCUT2D eigenvalue weighted by atomic mass is 10.2. The number of hydrogen-bond acceptors (Lipinski definition) is 2. The van der Waals surface area contributed by atoms with Crippen LogP contribution in [0, 0.1) is 6.07 Å². The molecule has 0 saturated carbocycles. The summed E-state index contributed by atoms with van der Waals surface area (Å²) in [6, 6.07) is 16.4. The van der Waals surface area contributed by atoms with Crippen molar-refractivity contribution in [2.75, 3.05) is 4.72 Å². The standard InChI is InChI=1S/C14H14NO2S/c1-2-12-8-10-14(11-9-12)18(16,17)15-13-6-4-3-5-7-13/h4-11,15H,2H2,1H3.